The van der Waals surface area contributed by atoms with Crippen molar-refractivity contribution in [2.75, 3.05) is 6.61 Å². The van der Waals surface area contributed by atoms with Crippen LogP contribution in [-0.4, -0.2) is 17.3 Å². The molecule has 1 atom stereocenters. The van der Waals surface area contributed by atoms with E-state index in [0.717, 1.165) is 43.6 Å². The van der Waals surface area contributed by atoms with Crippen LogP contribution in [0, 0.1) is 25.7 Å². The largest absolute Gasteiger partial charge is 0.493 e. The van der Waals surface area contributed by atoms with Crippen molar-refractivity contribution in [3.63, 3.8) is 0 Å². The smallest absolute Gasteiger partial charge is 0.125 e. The van der Waals surface area contributed by atoms with Crippen molar-refractivity contribution in [2.45, 2.75) is 117 Å². The van der Waals surface area contributed by atoms with E-state index >= 15 is 0 Å². The average molecular weight is 477 g/mol. The minimum Gasteiger partial charge on any atom is -0.493 e. The minimum atomic E-state index is -0.895. The first-order valence-electron chi connectivity index (χ1n) is 13.9. The fourth-order valence-corrected chi connectivity index (χ4v) is 5.08. The fourth-order valence-electron chi connectivity index (χ4n) is 5.08. The molecule has 192 valence electrons. The number of benzene rings is 2. The lowest BCUT2D eigenvalue weighted by Gasteiger charge is -2.34. The van der Waals surface area contributed by atoms with Gasteiger partial charge in [-0.3, -0.25) is 0 Å². The van der Waals surface area contributed by atoms with Crippen LogP contribution < -0.4 is 4.74 Å². The van der Waals surface area contributed by atoms with Crippen molar-refractivity contribution in [1.29, 1.82) is 0 Å². The molecule has 0 bridgehead atoms. The number of hydrogen-bond acceptors (Lipinski definition) is 2. The summed E-state index contributed by atoms with van der Waals surface area (Å²) in [5.74, 6) is 7.43. The summed E-state index contributed by atoms with van der Waals surface area (Å²) in [6, 6.07) is 13.4. The van der Waals surface area contributed by atoms with Gasteiger partial charge in [-0.25, -0.2) is 0 Å². The molecule has 2 nitrogen and oxygen atoms in total. The van der Waals surface area contributed by atoms with Crippen LogP contribution >= 0.6 is 0 Å². The summed E-state index contributed by atoms with van der Waals surface area (Å²) in [6.45, 7) is 16.0. The van der Waals surface area contributed by atoms with Crippen LogP contribution in [0.4, 0.5) is 0 Å². The van der Waals surface area contributed by atoms with Crippen LogP contribution in [0.25, 0.3) is 0 Å². The van der Waals surface area contributed by atoms with E-state index in [4.69, 9.17) is 4.74 Å². The molecule has 0 aliphatic carbocycles. The highest BCUT2D eigenvalue weighted by Gasteiger charge is 2.31. The van der Waals surface area contributed by atoms with E-state index in [0.29, 0.717) is 12.8 Å². The number of aliphatic hydroxyl groups is 1. The molecule has 1 unspecified atom stereocenters. The highest BCUT2D eigenvalue weighted by atomic mass is 16.5. The predicted octanol–water partition coefficient (Wildman–Crippen LogP) is 8.66. The van der Waals surface area contributed by atoms with Gasteiger partial charge in [0.2, 0.25) is 0 Å². The van der Waals surface area contributed by atoms with Gasteiger partial charge in [-0.05, 0) is 80.3 Å². The van der Waals surface area contributed by atoms with Crippen molar-refractivity contribution in [3.05, 3.63) is 64.2 Å². The van der Waals surface area contributed by atoms with Crippen molar-refractivity contribution in [3.8, 4) is 17.6 Å². The lowest BCUT2D eigenvalue weighted by atomic mass is 9.70. The highest BCUT2D eigenvalue weighted by molar-refractivity contribution is 5.50. The number of ether oxygens (including phenoxy) is 1. The van der Waals surface area contributed by atoms with Crippen molar-refractivity contribution in [2.24, 2.45) is 0 Å². The quantitative estimate of drug-likeness (QED) is 0.231. The molecular formula is C33H48O2. The van der Waals surface area contributed by atoms with Gasteiger partial charge < -0.3 is 9.84 Å². The van der Waals surface area contributed by atoms with Gasteiger partial charge in [-0.2, -0.15) is 0 Å². The molecule has 2 heteroatoms. The van der Waals surface area contributed by atoms with E-state index in [9.17, 15) is 5.11 Å². The molecule has 0 heterocycles. The van der Waals surface area contributed by atoms with Gasteiger partial charge >= 0.3 is 0 Å². The van der Waals surface area contributed by atoms with Gasteiger partial charge in [-0.1, -0.05) is 96.4 Å². The first kappa shape index (κ1) is 29.0. The van der Waals surface area contributed by atoms with Crippen LogP contribution in [0.3, 0.4) is 0 Å². The zero-order chi connectivity index (χ0) is 25.9. The summed E-state index contributed by atoms with van der Waals surface area (Å²) >= 11 is 0. The topological polar surface area (TPSA) is 29.5 Å². The van der Waals surface area contributed by atoms with Gasteiger partial charge in [0.15, 0.2) is 0 Å². The Bertz CT molecular complexity index is 990. The molecule has 0 radical (unpaired) electrons. The molecule has 35 heavy (non-hydrogen) atoms. The van der Waals surface area contributed by atoms with Crippen LogP contribution in [0.1, 0.15) is 120 Å². The third kappa shape index (κ3) is 7.37. The maximum absolute atomic E-state index is 10.7. The zero-order valence-corrected chi connectivity index (χ0v) is 23.4. The molecular weight excluding hydrogens is 428 g/mol. The highest BCUT2D eigenvalue weighted by Crippen LogP contribution is 2.41. The molecule has 0 aliphatic rings. The van der Waals surface area contributed by atoms with Gasteiger partial charge in [0.1, 0.15) is 11.4 Å². The van der Waals surface area contributed by atoms with Gasteiger partial charge in [-0.15, -0.1) is 0 Å². The Hall–Kier alpha value is -2.24. The normalized spacial score (nSPS) is 13.1. The maximum atomic E-state index is 10.7. The first-order valence-corrected chi connectivity index (χ1v) is 13.9. The third-order valence-electron chi connectivity index (χ3n) is 7.65. The number of hydrogen-bond donors (Lipinski definition) is 1. The lowest BCUT2D eigenvalue weighted by Crippen LogP contribution is -2.26. The van der Waals surface area contributed by atoms with Gasteiger partial charge in [0, 0.05) is 11.0 Å². The number of rotatable bonds is 13. The van der Waals surface area contributed by atoms with Crippen LogP contribution in [0.2, 0.25) is 0 Å². The Balaban J connectivity index is 2.33. The standard InChI is InChI=1S/C33H48O2/c1-8-13-14-15-23-35-31-19-18-30(25-27(31)7)33(11-4,12-5)29-17-16-28(26(6)24-29)20-22-32(34,10-3)21-9-2/h16-19,24-25,34H,8-15,21,23H2,1-7H3. The van der Waals surface area contributed by atoms with E-state index in [1.807, 2.05) is 6.92 Å². The second kappa shape index (κ2) is 13.7. The third-order valence-corrected chi connectivity index (χ3v) is 7.65. The van der Waals surface area contributed by atoms with E-state index in [-0.39, 0.29) is 5.41 Å². The minimum absolute atomic E-state index is 0.0481. The fraction of sp³-hybridized carbons (Fsp3) is 0.576. The molecule has 0 aromatic heterocycles. The summed E-state index contributed by atoms with van der Waals surface area (Å²) < 4.78 is 6.10. The van der Waals surface area contributed by atoms with E-state index < -0.39 is 5.60 Å². The van der Waals surface area contributed by atoms with Crippen molar-refractivity contribution in [1.82, 2.24) is 0 Å². The SMILES string of the molecule is CCCCCCOc1ccc(C(CC)(CC)c2ccc(C#CC(O)(CC)CCC)c(C)c2)cc1C. The Morgan fingerprint density at radius 1 is 0.771 bits per heavy atom. The summed E-state index contributed by atoms with van der Waals surface area (Å²) in [5, 5.41) is 10.7. The van der Waals surface area contributed by atoms with E-state index in [1.165, 1.54) is 41.5 Å². The molecule has 0 saturated heterocycles. The molecule has 0 amide bonds. The Morgan fingerprint density at radius 3 is 1.97 bits per heavy atom. The molecule has 0 spiro atoms. The van der Waals surface area contributed by atoms with Crippen LogP contribution in [0.5, 0.6) is 5.75 Å². The Labute approximate surface area is 215 Å². The summed E-state index contributed by atoms with van der Waals surface area (Å²) in [7, 11) is 0. The van der Waals surface area contributed by atoms with E-state index in [1.54, 1.807) is 0 Å². The molecule has 2 rings (SSSR count). The molecule has 2 aromatic carbocycles. The second-order valence-corrected chi connectivity index (χ2v) is 10.1. The second-order valence-electron chi connectivity index (χ2n) is 10.1. The Morgan fingerprint density at radius 2 is 1.43 bits per heavy atom. The molecule has 0 saturated carbocycles. The molecule has 0 fully saturated rings. The van der Waals surface area contributed by atoms with Gasteiger partial charge in [0.05, 0.1) is 6.61 Å². The predicted molar refractivity (Wildman–Crippen MR) is 150 cm³/mol. The Kier molecular flexibility index (Phi) is 11.4. The summed E-state index contributed by atoms with van der Waals surface area (Å²) in [6.07, 6.45) is 9.21. The monoisotopic (exact) mass is 476 g/mol. The zero-order valence-electron chi connectivity index (χ0n) is 23.4. The molecule has 2 aromatic rings. The number of unbranched alkanes of at least 4 members (excludes halogenated alkanes) is 3. The van der Waals surface area contributed by atoms with Gasteiger partial charge in [0.25, 0.3) is 0 Å². The molecule has 0 aliphatic heterocycles. The summed E-state index contributed by atoms with van der Waals surface area (Å²) in [5.41, 5.74) is 5.11. The average Bonchev–Trinajstić information content (AvgIpc) is 2.85. The lowest BCUT2D eigenvalue weighted by molar-refractivity contribution is 0.0868. The van der Waals surface area contributed by atoms with Crippen LogP contribution in [-0.2, 0) is 5.41 Å². The summed E-state index contributed by atoms with van der Waals surface area (Å²) in [4.78, 5) is 0. The van der Waals surface area contributed by atoms with Crippen molar-refractivity contribution < 1.29 is 9.84 Å². The first-order chi connectivity index (χ1) is 16.8. The molecule has 1 N–H and O–H groups in total. The van der Waals surface area contributed by atoms with Crippen molar-refractivity contribution >= 4 is 0 Å². The maximum Gasteiger partial charge on any atom is 0.125 e. The van der Waals surface area contributed by atoms with Crippen LogP contribution in [0.15, 0.2) is 36.4 Å². The van der Waals surface area contributed by atoms with E-state index in [2.05, 4.69) is 89.8 Å². The number of aryl methyl sites for hydroxylation is 2.